The van der Waals surface area contributed by atoms with Crippen molar-refractivity contribution in [3.63, 3.8) is 0 Å². The van der Waals surface area contributed by atoms with Crippen LogP contribution in [0.15, 0.2) is 0 Å². The van der Waals surface area contributed by atoms with Crippen molar-refractivity contribution < 1.29 is 4.79 Å². The molecule has 2 N–H and O–H groups in total. The van der Waals surface area contributed by atoms with Crippen molar-refractivity contribution in [3.05, 3.63) is 0 Å². The van der Waals surface area contributed by atoms with E-state index in [2.05, 4.69) is 38.3 Å². The SMILES string of the molecule is CC1(C)CC(NC(=O)C2(C)CCCN2)CC(C)(C)C1. The van der Waals surface area contributed by atoms with Gasteiger partial charge < -0.3 is 10.6 Å². The van der Waals surface area contributed by atoms with Crippen molar-refractivity contribution in [2.75, 3.05) is 6.54 Å². The fourth-order valence-corrected chi connectivity index (χ4v) is 4.38. The Morgan fingerprint density at radius 3 is 2.16 bits per heavy atom. The van der Waals surface area contributed by atoms with Crippen LogP contribution in [-0.4, -0.2) is 24.0 Å². The van der Waals surface area contributed by atoms with E-state index >= 15 is 0 Å². The van der Waals surface area contributed by atoms with Crippen molar-refractivity contribution in [2.45, 2.75) is 78.3 Å². The summed E-state index contributed by atoms with van der Waals surface area (Å²) in [5, 5.41) is 6.66. The zero-order chi connectivity index (χ0) is 14.3. The molecule has 19 heavy (non-hydrogen) atoms. The van der Waals surface area contributed by atoms with Gasteiger partial charge in [0.15, 0.2) is 0 Å². The second-order valence-corrected chi connectivity index (χ2v) is 8.45. The molecular weight excluding hydrogens is 236 g/mol. The van der Waals surface area contributed by atoms with Gasteiger partial charge in [-0.1, -0.05) is 27.7 Å². The Bertz CT molecular complexity index is 338. The molecule has 0 aromatic heterocycles. The second kappa shape index (κ2) is 4.76. The van der Waals surface area contributed by atoms with Gasteiger partial charge >= 0.3 is 0 Å². The van der Waals surface area contributed by atoms with Gasteiger partial charge in [-0.25, -0.2) is 0 Å². The lowest BCUT2D eigenvalue weighted by Crippen LogP contribution is -2.56. The number of amides is 1. The molecular formula is C16H30N2O. The van der Waals surface area contributed by atoms with Gasteiger partial charge in [0.25, 0.3) is 0 Å². The number of carbonyl (C=O) groups excluding carboxylic acids is 1. The largest absolute Gasteiger partial charge is 0.352 e. The van der Waals surface area contributed by atoms with E-state index in [9.17, 15) is 4.79 Å². The Morgan fingerprint density at radius 2 is 1.68 bits per heavy atom. The number of carbonyl (C=O) groups is 1. The minimum Gasteiger partial charge on any atom is -0.352 e. The maximum absolute atomic E-state index is 12.5. The minimum absolute atomic E-state index is 0.198. The van der Waals surface area contributed by atoms with E-state index in [0.717, 1.165) is 32.2 Å². The van der Waals surface area contributed by atoms with Crippen LogP contribution in [0.5, 0.6) is 0 Å². The molecule has 2 aliphatic rings. The fourth-order valence-electron chi connectivity index (χ4n) is 4.38. The first kappa shape index (κ1) is 14.8. The van der Waals surface area contributed by atoms with E-state index in [1.807, 2.05) is 6.92 Å². The topological polar surface area (TPSA) is 41.1 Å². The predicted molar refractivity (Wildman–Crippen MR) is 79.0 cm³/mol. The summed E-state index contributed by atoms with van der Waals surface area (Å²) in [5.41, 5.74) is 0.305. The molecule has 1 saturated carbocycles. The van der Waals surface area contributed by atoms with E-state index in [1.165, 1.54) is 6.42 Å². The highest BCUT2D eigenvalue weighted by Gasteiger charge is 2.42. The third-order valence-electron chi connectivity index (χ3n) is 4.76. The molecule has 1 aliphatic carbocycles. The Hall–Kier alpha value is -0.570. The van der Waals surface area contributed by atoms with Gasteiger partial charge in [0.05, 0.1) is 5.54 Å². The number of hydrogen-bond acceptors (Lipinski definition) is 2. The summed E-state index contributed by atoms with van der Waals surface area (Å²) in [4.78, 5) is 12.5. The summed E-state index contributed by atoms with van der Waals surface area (Å²) >= 11 is 0. The quantitative estimate of drug-likeness (QED) is 0.807. The van der Waals surface area contributed by atoms with Gasteiger partial charge in [-0.2, -0.15) is 0 Å². The third-order valence-corrected chi connectivity index (χ3v) is 4.76. The molecule has 0 radical (unpaired) electrons. The molecule has 1 heterocycles. The summed E-state index contributed by atoms with van der Waals surface area (Å²) in [7, 11) is 0. The van der Waals surface area contributed by atoms with Crippen LogP contribution in [-0.2, 0) is 4.79 Å². The lowest BCUT2D eigenvalue weighted by atomic mass is 9.63. The van der Waals surface area contributed by atoms with E-state index in [-0.39, 0.29) is 11.4 Å². The van der Waals surface area contributed by atoms with Crippen molar-refractivity contribution in [2.24, 2.45) is 10.8 Å². The number of rotatable bonds is 2. The fraction of sp³-hybridized carbons (Fsp3) is 0.938. The van der Waals surface area contributed by atoms with Crippen LogP contribution in [0.1, 0.15) is 66.7 Å². The molecule has 0 bridgehead atoms. The Balaban J connectivity index is 2.00. The molecule has 0 aromatic carbocycles. The average molecular weight is 266 g/mol. The predicted octanol–water partition coefficient (Wildman–Crippen LogP) is 2.85. The van der Waals surface area contributed by atoms with Crippen molar-refractivity contribution in [3.8, 4) is 0 Å². The average Bonchev–Trinajstić information content (AvgIpc) is 2.61. The highest BCUT2D eigenvalue weighted by Crippen LogP contribution is 2.45. The zero-order valence-electron chi connectivity index (χ0n) is 13.2. The first-order valence-corrected chi connectivity index (χ1v) is 7.68. The van der Waals surface area contributed by atoms with Gasteiger partial charge in [-0.15, -0.1) is 0 Å². The highest BCUT2D eigenvalue weighted by atomic mass is 16.2. The van der Waals surface area contributed by atoms with Crippen molar-refractivity contribution >= 4 is 5.91 Å². The van der Waals surface area contributed by atoms with Gasteiger partial charge in [0, 0.05) is 6.04 Å². The van der Waals surface area contributed by atoms with Crippen LogP contribution in [0.2, 0.25) is 0 Å². The van der Waals surface area contributed by atoms with Gasteiger partial charge in [0.2, 0.25) is 5.91 Å². The smallest absolute Gasteiger partial charge is 0.240 e. The third kappa shape index (κ3) is 3.50. The van der Waals surface area contributed by atoms with Crippen LogP contribution in [0.4, 0.5) is 0 Å². The molecule has 3 nitrogen and oxygen atoms in total. The normalized spacial score (nSPS) is 34.2. The molecule has 0 spiro atoms. The number of hydrogen-bond donors (Lipinski definition) is 2. The van der Waals surface area contributed by atoms with E-state index in [0.29, 0.717) is 16.9 Å². The summed E-state index contributed by atoms with van der Waals surface area (Å²) in [6, 6.07) is 0.325. The number of nitrogens with one attached hydrogen (secondary N) is 2. The minimum atomic E-state index is -0.342. The van der Waals surface area contributed by atoms with E-state index in [1.54, 1.807) is 0 Å². The zero-order valence-corrected chi connectivity index (χ0v) is 13.2. The monoisotopic (exact) mass is 266 g/mol. The van der Waals surface area contributed by atoms with Crippen LogP contribution < -0.4 is 10.6 Å². The molecule has 1 aliphatic heterocycles. The van der Waals surface area contributed by atoms with Crippen molar-refractivity contribution in [1.29, 1.82) is 0 Å². The molecule has 0 aromatic rings. The summed E-state index contributed by atoms with van der Waals surface area (Å²) < 4.78 is 0. The molecule has 1 saturated heterocycles. The summed E-state index contributed by atoms with van der Waals surface area (Å²) in [6.07, 6.45) is 5.49. The first-order valence-electron chi connectivity index (χ1n) is 7.68. The molecule has 1 unspecified atom stereocenters. The molecule has 110 valence electrons. The summed E-state index contributed by atoms with van der Waals surface area (Å²) in [6.45, 7) is 12.3. The lowest BCUT2D eigenvalue weighted by Gasteiger charge is -2.45. The van der Waals surface area contributed by atoms with Crippen LogP contribution >= 0.6 is 0 Å². The first-order chi connectivity index (χ1) is 8.62. The Kier molecular flexibility index (Phi) is 3.72. The van der Waals surface area contributed by atoms with Gasteiger partial charge in [-0.05, 0) is 56.4 Å². The van der Waals surface area contributed by atoms with Crippen LogP contribution in [0.3, 0.4) is 0 Å². The molecule has 3 heteroatoms. The molecule has 1 atom stereocenters. The Morgan fingerprint density at radius 1 is 1.11 bits per heavy atom. The highest BCUT2D eigenvalue weighted by molar-refractivity contribution is 5.86. The van der Waals surface area contributed by atoms with E-state index in [4.69, 9.17) is 0 Å². The maximum Gasteiger partial charge on any atom is 0.240 e. The van der Waals surface area contributed by atoms with Crippen LogP contribution in [0, 0.1) is 10.8 Å². The Labute approximate surface area is 117 Å². The lowest BCUT2D eigenvalue weighted by molar-refractivity contribution is -0.128. The second-order valence-electron chi connectivity index (χ2n) is 8.45. The van der Waals surface area contributed by atoms with Crippen LogP contribution in [0.25, 0.3) is 0 Å². The summed E-state index contributed by atoms with van der Waals surface area (Å²) in [5.74, 6) is 0.198. The maximum atomic E-state index is 12.5. The van der Waals surface area contributed by atoms with Gasteiger partial charge in [0.1, 0.15) is 0 Å². The van der Waals surface area contributed by atoms with Gasteiger partial charge in [-0.3, -0.25) is 4.79 Å². The molecule has 2 fully saturated rings. The standard InChI is InChI=1S/C16H30N2O/c1-14(2)9-12(10-15(3,4)11-14)18-13(19)16(5)7-6-8-17-16/h12,17H,6-11H2,1-5H3,(H,18,19). The van der Waals surface area contributed by atoms with E-state index < -0.39 is 0 Å². The molecule has 1 amide bonds. The van der Waals surface area contributed by atoms with Crippen molar-refractivity contribution in [1.82, 2.24) is 10.6 Å². The molecule has 2 rings (SSSR count).